The monoisotopic (exact) mass is 280 g/mol. The number of methoxy groups -OCH3 is 1. The van der Waals surface area contributed by atoms with Crippen LogP contribution >= 0.6 is 11.3 Å². The molecule has 1 aliphatic carbocycles. The summed E-state index contributed by atoms with van der Waals surface area (Å²) in [6.45, 7) is 2.54. The largest absolute Gasteiger partial charge is 0.379 e. The van der Waals surface area contributed by atoms with Crippen LogP contribution in [0.2, 0.25) is 0 Å². The fraction of sp³-hybridized carbons (Fsp3) is 0.643. The topological polar surface area (TPSA) is 41.6 Å². The SMILES string of the molecule is COC1CCCC1N1C(=O)CNC1c1ccc(C)s1. The molecule has 0 spiro atoms. The third-order valence-electron chi connectivity index (χ3n) is 4.12. The molecule has 1 aliphatic heterocycles. The fourth-order valence-electron chi connectivity index (χ4n) is 3.23. The van der Waals surface area contributed by atoms with Crippen LogP contribution in [0.1, 0.15) is 35.2 Å². The first-order valence-electron chi connectivity index (χ1n) is 6.84. The number of ether oxygens (including phenoxy) is 1. The maximum Gasteiger partial charge on any atom is 0.238 e. The standard InChI is InChI=1S/C14H20N2O2S/c1-9-6-7-12(19-9)14-15-8-13(17)16(14)10-4-3-5-11(10)18-2/h6-7,10-11,14-15H,3-5,8H2,1-2H3. The van der Waals surface area contributed by atoms with Crippen LogP contribution in [0.15, 0.2) is 12.1 Å². The van der Waals surface area contributed by atoms with Crippen molar-refractivity contribution in [2.24, 2.45) is 0 Å². The smallest absolute Gasteiger partial charge is 0.238 e. The van der Waals surface area contributed by atoms with Gasteiger partial charge in [-0.2, -0.15) is 0 Å². The summed E-state index contributed by atoms with van der Waals surface area (Å²) in [5.41, 5.74) is 0. The third-order valence-corrected chi connectivity index (χ3v) is 5.17. The minimum atomic E-state index is 0.0342. The van der Waals surface area contributed by atoms with E-state index in [-0.39, 0.29) is 24.2 Å². The normalized spacial score (nSPS) is 31.4. The summed E-state index contributed by atoms with van der Waals surface area (Å²) in [6.07, 6.45) is 3.47. The van der Waals surface area contributed by atoms with Crippen molar-refractivity contribution in [2.45, 2.75) is 44.5 Å². The van der Waals surface area contributed by atoms with Crippen molar-refractivity contribution in [1.82, 2.24) is 10.2 Å². The van der Waals surface area contributed by atoms with Crippen LogP contribution in [0.5, 0.6) is 0 Å². The summed E-state index contributed by atoms with van der Waals surface area (Å²) in [6, 6.07) is 4.46. The number of hydrogen-bond acceptors (Lipinski definition) is 4. The van der Waals surface area contributed by atoms with Gasteiger partial charge in [-0.25, -0.2) is 0 Å². The first-order chi connectivity index (χ1) is 9.20. The molecule has 0 radical (unpaired) electrons. The molecule has 1 saturated carbocycles. The Hall–Kier alpha value is -0.910. The van der Waals surface area contributed by atoms with E-state index >= 15 is 0 Å². The molecule has 1 N–H and O–H groups in total. The number of rotatable bonds is 3. The number of nitrogens with zero attached hydrogens (tertiary/aromatic N) is 1. The van der Waals surface area contributed by atoms with E-state index in [2.05, 4.69) is 24.4 Å². The number of thiophene rings is 1. The zero-order valence-corrected chi connectivity index (χ0v) is 12.2. The highest BCUT2D eigenvalue weighted by Crippen LogP contribution is 2.36. The number of carbonyl (C=O) groups excluding carboxylic acids is 1. The molecule has 2 heterocycles. The van der Waals surface area contributed by atoms with Gasteiger partial charge in [-0.3, -0.25) is 10.1 Å². The van der Waals surface area contributed by atoms with Gasteiger partial charge in [0.15, 0.2) is 0 Å². The van der Waals surface area contributed by atoms with E-state index < -0.39 is 0 Å². The molecule has 3 atom stereocenters. The molecule has 1 aromatic heterocycles. The molecule has 5 heteroatoms. The van der Waals surface area contributed by atoms with Crippen LogP contribution in [-0.2, 0) is 9.53 Å². The first-order valence-corrected chi connectivity index (χ1v) is 7.66. The van der Waals surface area contributed by atoms with Crippen molar-refractivity contribution in [2.75, 3.05) is 13.7 Å². The Morgan fingerprint density at radius 3 is 2.95 bits per heavy atom. The summed E-state index contributed by atoms with van der Waals surface area (Å²) in [5.74, 6) is 0.199. The van der Waals surface area contributed by atoms with E-state index in [4.69, 9.17) is 4.74 Å². The van der Waals surface area contributed by atoms with Gasteiger partial charge < -0.3 is 9.64 Å². The Kier molecular flexibility index (Phi) is 3.60. The fourth-order valence-corrected chi connectivity index (χ4v) is 4.18. The van der Waals surface area contributed by atoms with Crippen LogP contribution in [-0.4, -0.2) is 36.6 Å². The Bertz CT molecular complexity index is 474. The number of hydrogen-bond donors (Lipinski definition) is 1. The Labute approximate surface area is 117 Å². The van der Waals surface area contributed by atoms with Gasteiger partial charge in [0.1, 0.15) is 6.17 Å². The van der Waals surface area contributed by atoms with E-state index in [1.54, 1.807) is 18.4 Å². The van der Waals surface area contributed by atoms with Crippen molar-refractivity contribution in [1.29, 1.82) is 0 Å². The number of carbonyl (C=O) groups is 1. The van der Waals surface area contributed by atoms with Crippen molar-refractivity contribution in [3.8, 4) is 0 Å². The Morgan fingerprint density at radius 2 is 2.26 bits per heavy atom. The van der Waals surface area contributed by atoms with Gasteiger partial charge in [-0.15, -0.1) is 11.3 Å². The highest BCUT2D eigenvalue weighted by Gasteiger charge is 2.42. The summed E-state index contributed by atoms with van der Waals surface area (Å²) in [4.78, 5) is 16.8. The zero-order valence-electron chi connectivity index (χ0n) is 11.4. The van der Waals surface area contributed by atoms with Crippen molar-refractivity contribution in [3.05, 3.63) is 21.9 Å². The highest BCUT2D eigenvalue weighted by molar-refractivity contribution is 7.12. The molecule has 4 nitrogen and oxygen atoms in total. The molecule has 1 aromatic rings. The second-order valence-corrected chi connectivity index (χ2v) is 6.62. The quantitative estimate of drug-likeness (QED) is 0.921. The minimum Gasteiger partial charge on any atom is -0.379 e. The molecule has 0 bridgehead atoms. The average molecular weight is 280 g/mol. The lowest BCUT2D eigenvalue weighted by molar-refractivity contribution is -0.132. The maximum atomic E-state index is 12.2. The van der Waals surface area contributed by atoms with E-state index in [0.717, 1.165) is 19.3 Å². The van der Waals surface area contributed by atoms with Crippen molar-refractivity contribution >= 4 is 17.2 Å². The van der Waals surface area contributed by atoms with E-state index in [1.807, 2.05) is 4.90 Å². The van der Waals surface area contributed by atoms with Crippen LogP contribution in [0.3, 0.4) is 0 Å². The number of aryl methyl sites for hydroxylation is 1. The Balaban J connectivity index is 1.86. The third kappa shape index (κ3) is 2.30. The van der Waals surface area contributed by atoms with Gasteiger partial charge in [-0.05, 0) is 38.3 Å². The second kappa shape index (κ2) is 5.23. The molecule has 2 fully saturated rings. The van der Waals surface area contributed by atoms with Crippen LogP contribution in [0.4, 0.5) is 0 Å². The lowest BCUT2D eigenvalue weighted by Crippen LogP contribution is -2.44. The van der Waals surface area contributed by atoms with E-state index in [1.165, 1.54) is 9.75 Å². The van der Waals surface area contributed by atoms with Gasteiger partial charge >= 0.3 is 0 Å². The molecular formula is C14H20N2O2S. The van der Waals surface area contributed by atoms with Gasteiger partial charge in [0.05, 0.1) is 18.7 Å². The number of nitrogens with one attached hydrogen (secondary N) is 1. The molecule has 0 aromatic carbocycles. The molecule has 19 heavy (non-hydrogen) atoms. The molecule has 2 aliphatic rings. The van der Waals surface area contributed by atoms with Crippen LogP contribution in [0.25, 0.3) is 0 Å². The summed E-state index contributed by atoms with van der Waals surface area (Å²) in [5, 5.41) is 3.34. The summed E-state index contributed by atoms with van der Waals surface area (Å²) < 4.78 is 5.56. The van der Waals surface area contributed by atoms with Gasteiger partial charge in [0.25, 0.3) is 0 Å². The predicted octanol–water partition coefficient (Wildman–Crippen LogP) is 2.05. The van der Waals surface area contributed by atoms with E-state index in [0.29, 0.717) is 6.54 Å². The molecular weight excluding hydrogens is 260 g/mol. The summed E-state index contributed by atoms with van der Waals surface area (Å²) in [7, 11) is 1.75. The van der Waals surface area contributed by atoms with Gasteiger partial charge in [0, 0.05) is 16.9 Å². The molecule has 3 rings (SSSR count). The van der Waals surface area contributed by atoms with Crippen molar-refractivity contribution in [3.63, 3.8) is 0 Å². The average Bonchev–Trinajstić information content (AvgIpc) is 3.07. The van der Waals surface area contributed by atoms with Crippen LogP contribution < -0.4 is 5.32 Å². The molecule has 1 amide bonds. The second-order valence-electron chi connectivity index (χ2n) is 5.31. The van der Waals surface area contributed by atoms with Gasteiger partial charge in [-0.1, -0.05) is 0 Å². The highest BCUT2D eigenvalue weighted by atomic mass is 32.1. The minimum absolute atomic E-state index is 0.0342. The lowest BCUT2D eigenvalue weighted by atomic mass is 10.1. The van der Waals surface area contributed by atoms with Gasteiger partial charge in [0.2, 0.25) is 5.91 Å². The maximum absolute atomic E-state index is 12.2. The molecule has 104 valence electrons. The first kappa shape index (κ1) is 13.1. The van der Waals surface area contributed by atoms with Crippen molar-refractivity contribution < 1.29 is 9.53 Å². The van der Waals surface area contributed by atoms with Crippen LogP contribution in [0, 0.1) is 6.92 Å². The zero-order chi connectivity index (χ0) is 13.4. The predicted molar refractivity (Wildman–Crippen MR) is 75.1 cm³/mol. The molecule has 1 saturated heterocycles. The lowest BCUT2D eigenvalue weighted by Gasteiger charge is -2.33. The van der Waals surface area contributed by atoms with E-state index in [9.17, 15) is 4.79 Å². The molecule has 3 unspecified atom stereocenters. The summed E-state index contributed by atoms with van der Waals surface area (Å²) >= 11 is 1.76. The Morgan fingerprint density at radius 1 is 1.42 bits per heavy atom. The number of amides is 1.